The Labute approximate surface area is 132 Å². The summed E-state index contributed by atoms with van der Waals surface area (Å²) in [6.07, 6.45) is 4.56. The summed E-state index contributed by atoms with van der Waals surface area (Å²) in [6.45, 7) is 8.31. The molecule has 0 radical (unpaired) electrons. The van der Waals surface area contributed by atoms with E-state index in [9.17, 15) is 4.79 Å². The number of pyridine rings is 1. The van der Waals surface area contributed by atoms with Gasteiger partial charge >= 0.3 is 0 Å². The van der Waals surface area contributed by atoms with E-state index in [0.29, 0.717) is 11.5 Å². The number of carbonyl (C=O) groups is 1. The molecular weight excluding hydrogens is 278 g/mol. The third kappa shape index (κ3) is 2.75. The maximum Gasteiger partial charge on any atom is 0.255 e. The van der Waals surface area contributed by atoms with Crippen LogP contribution in [-0.4, -0.2) is 66.1 Å². The molecule has 1 amide bonds. The molecule has 0 aliphatic carbocycles. The van der Waals surface area contributed by atoms with Crippen molar-refractivity contribution >= 4 is 5.91 Å². The second-order valence-corrected chi connectivity index (χ2v) is 6.75. The molecule has 5 nitrogen and oxygen atoms in total. The number of likely N-dealkylation sites (N-methyl/N-ethyl adjacent to an activating group) is 1. The normalized spacial score (nSPS) is 23.8. The van der Waals surface area contributed by atoms with Crippen LogP contribution in [0, 0.1) is 12.8 Å². The van der Waals surface area contributed by atoms with Gasteiger partial charge in [0.25, 0.3) is 5.91 Å². The molecule has 0 aromatic carbocycles. The van der Waals surface area contributed by atoms with E-state index in [1.807, 2.05) is 24.8 Å². The molecule has 1 spiro atoms. The van der Waals surface area contributed by atoms with Crippen molar-refractivity contribution < 1.29 is 9.53 Å². The SMILES string of the molecule is CCOC[C@@H]1CN(C)C2(C1)CN(C(=O)c1cncc(C)c1)C2. The molecule has 0 N–H and O–H groups in total. The van der Waals surface area contributed by atoms with Crippen LogP contribution in [0.25, 0.3) is 0 Å². The molecule has 0 bridgehead atoms. The molecule has 2 saturated heterocycles. The van der Waals surface area contributed by atoms with Crippen molar-refractivity contribution in [2.75, 3.05) is 39.9 Å². The number of ether oxygens (including phenoxy) is 1. The smallest absolute Gasteiger partial charge is 0.255 e. The minimum absolute atomic E-state index is 0.100. The highest BCUT2D eigenvalue weighted by Crippen LogP contribution is 2.39. The van der Waals surface area contributed by atoms with Crippen LogP contribution in [0.5, 0.6) is 0 Å². The molecular formula is C17H25N3O2. The van der Waals surface area contributed by atoms with Gasteiger partial charge in [0.15, 0.2) is 0 Å². The lowest BCUT2D eigenvalue weighted by Gasteiger charge is -2.52. The van der Waals surface area contributed by atoms with E-state index in [1.54, 1.807) is 12.4 Å². The highest BCUT2D eigenvalue weighted by atomic mass is 16.5. The number of hydrogen-bond donors (Lipinski definition) is 0. The van der Waals surface area contributed by atoms with Crippen molar-refractivity contribution in [3.05, 3.63) is 29.6 Å². The van der Waals surface area contributed by atoms with Gasteiger partial charge in [-0.05, 0) is 44.9 Å². The summed E-state index contributed by atoms with van der Waals surface area (Å²) in [5, 5.41) is 0. The first-order valence-electron chi connectivity index (χ1n) is 8.04. The monoisotopic (exact) mass is 303 g/mol. The zero-order valence-electron chi connectivity index (χ0n) is 13.7. The predicted octanol–water partition coefficient (Wildman–Crippen LogP) is 1.57. The molecule has 2 fully saturated rings. The van der Waals surface area contributed by atoms with E-state index in [0.717, 1.165) is 44.8 Å². The molecule has 2 aliphatic heterocycles. The molecule has 0 unspecified atom stereocenters. The summed E-state index contributed by atoms with van der Waals surface area (Å²) in [4.78, 5) is 21.0. The highest BCUT2D eigenvalue weighted by molar-refractivity contribution is 5.94. The first-order chi connectivity index (χ1) is 10.5. The maximum absolute atomic E-state index is 12.5. The number of nitrogens with zero attached hydrogens (tertiary/aromatic N) is 3. The van der Waals surface area contributed by atoms with Crippen molar-refractivity contribution in [1.29, 1.82) is 0 Å². The van der Waals surface area contributed by atoms with Gasteiger partial charge in [-0.3, -0.25) is 14.7 Å². The molecule has 1 atom stereocenters. The van der Waals surface area contributed by atoms with Crippen molar-refractivity contribution in [1.82, 2.24) is 14.8 Å². The minimum Gasteiger partial charge on any atom is -0.381 e. The average molecular weight is 303 g/mol. The van der Waals surface area contributed by atoms with Crippen LogP contribution in [0.2, 0.25) is 0 Å². The number of likely N-dealkylation sites (tertiary alicyclic amines) is 2. The fraction of sp³-hybridized carbons (Fsp3) is 0.647. The maximum atomic E-state index is 12.5. The lowest BCUT2D eigenvalue weighted by atomic mass is 9.84. The van der Waals surface area contributed by atoms with Gasteiger partial charge in [0.2, 0.25) is 0 Å². The van der Waals surface area contributed by atoms with Crippen molar-refractivity contribution in [3.63, 3.8) is 0 Å². The predicted molar refractivity (Wildman–Crippen MR) is 84.8 cm³/mol. The van der Waals surface area contributed by atoms with Gasteiger partial charge in [-0.1, -0.05) is 0 Å². The van der Waals surface area contributed by atoms with Crippen LogP contribution >= 0.6 is 0 Å². The second kappa shape index (κ2) is 5.97. The van der Waals surface area contributed by atoms with Crippen LogP contribution < -0.4 is 0 Å². The summed E-state index contributed by atoms with van der Waals surface area (Å²) in [5.41, 5.74) is 1.88. The Morgan fingerprint density at radius 3 is 2.91 bits per heavy atom. The number of aromatic nitrogens is 1. The molecule has 1 aromatic rings. The Morgan fingerprint density at radius 2 is 2.23 bits per heavy atom. The fourth-order valence-electron chi connectivity index (χ4n) is 3.77. The molecule has 3 heterocycles. The number of hydrogen-bond acceptors (Lipinski definition) is 4. The van der Waals surface area contributed by atoms with Crippen molar-refractivity contribution in [2.45, 2.75) is 25.8 Å². The molecule has 120 valence electrons. The third-order valence-corrected chi connectivity index (χ3v) is 4.95. The van der Waals surface area contributed by atoms with E-state index in [4.69, 9.17) is 4.74 Å². The van der Waals surface area contributed by atoms with E-state index >= 15 is 0 Å². The Morgan fingerprint density at radius 1 is 1.45 bits per heavy atom. The Hall–Kier alpha value is -1.46. The summed E-state index contributed by atoms with van der Waals surface area (Å²) < 4.78 is 5.57. The third-order valence-electron chi connectivity index (χ3n) is 4.95. The summed E-state index contributed by atoms with van der Waals surface area (Å²) in [6, 6.07) is 1.91. The number of carbonyl (C=O) groups excluding carboxylic acids is 1. The van der Waals surface area contributed by atoms with Gasteiger partial charge in [-0.25, -0.2) is 0 Å². The van der Waals surface area contributed by atoms with Gasteiger partial charge in [0.1, 0.15) is 0 Å². The van der Waals surface area contributed by atoms with E-state index in [1.165, 1.54) is 0 Å². The van der Waals surface area contributed by atoms with Crippen LogP contribution in [-0.2, 0) is 4.74 Å². The minimum atomic E-state index is 0.100. The van der Waals surface area contributed by atoms with Crippen molar-refractivity contribution in [3.8, 4) is 0 Å². The molecule has 1 aromatic heterocycles. The zero-order chi connectivity index (χ0) is 15.7. The number of rotatable bonds is 4. The van der Waals surface area contributed by atoms with Crippen LogP contribution in [0.4, 0.5) is 0 Å². The van der Waals surface area contributed by atoms with Gasteiger partial charge in [-0.15, -0.1) is 0 Å². The topological polar surface area (TPSA) is 45.7 Å². The summed E-state index contributed by atoms with van der Waals surface area (Å²) >= 11 is 0. The van der Waals surface area contributed by atoms with Crippen molar-refractivity contribution in [2.24, 2.45) is 5.92 Å². The van der Waals surface area contributed by atoms with Gasteiger partial charge < -0.3 is 9.64 Å². The van der Waals surface area contributed by atoms with Gasteiger partial charge in [-0.2, -0.15) is 0 Å². The molecule has 5 heteroatoms. The Kier molecular flexibility index (Phi) is 4.19. The van der Waals surface area contributed by atoms with Gasteiger partial charge in [0.05, 0.1) is 17.7 Å². The van der Waals surface area contributed by atoms with E-state index < -0.39 is 0 Å². The molecule has 3 rings (SSSR count). The van der Waals surface area contributed by atoms with E-state index in [-0.39, 0.29) is 11.4 Å². The lowest BCUT2D eigenvalue weighted by molar-refractivity contribution is -0.00797. The quantitative estimate of drug-likeness (QED) is 0.847. The van der Waals surface area contributed by atoms with Crippen LogP contribution in [0.15, 0.2) is 18.5 Å². The van der Waals surface area contributed by atoms with Gasteiger partial charge in [0, 0.05) is 38.6 Å². The highest BCUT2D eigenvalue weighted by Gasteiger charge is 2.53. The second-order valence-electron chi connectivity index (χ2n) is 6.75. The largest absolute Gasteiger partial charge is 0.381 e. The molecule has 2 aliphatic rings. The van der Waals surface area contributed by atoms with Crippen LogP contribution in [0.1, 0.15) is 29.3 Å². The molecule has 22 heavy (non-hydrogen) atoms. The standard InChI is InChI=1S/C17H25N3O2/c1-4-22-10-14-6-17(19(3)9-14)11-20(12-17)16(21)15-5-13(2)7-18-8-15/h5,7-8,14H,4,6,9-12H2,1-3H3/t14-/m0/s1. The summed E-state index contributed by atoms with van der Waals surface area (Å²) in [5.74, 6) is 0.686. The Bertz CT molecular complexity index is 555. The first kappa shape index (κ1) is 15.4. The fourth-order valence-corrected chi connectivity index (χ4v) is 3.77. The molecule has 0 saturated carbocycles. The summed E-state index contributed by atoms with van der Waals surface area (Å²) in [7, 11) is 2.17. The van der Waals surface area contributed by atoms with Crippen LogP contribution in [0.3, 0.4) is 0 Å². The number of amides is 1. The lowest BCUT2D eigenvalue weighted by Crippen LogP contribution is -2.68. The Balaban J connectivity index is 1.60. The number of aryl methyl sites for hydroxylation is 1. The van der Waals surface area contributed by atoms with E-state index in [2.05, 4.69) is 16.9 Å². The average Bonchev–Trinajstić information content (AvgIpc) is 2.79. The zero-order valence-corrected chi connectivity index (χ0v) is 13.7. The first-order valence-corrected chi connectivity index (χ1v) is 8.04.